The molecule has 0 aliphatic rings. The van der Waals surface area contributed by atoms with Gasteiger partial charge >= 0.3 is 5.97 Å². The maximum absolute atomic E-state index is 11.4. The predicted octanol–water partition coefficient (Wildman–Crippen LogP) is 2.32. The molecule has 1 heterocycles. The number of nitrogen functional groups attached to an aromatic ring is 1. The molecule has 0 fully saturated rings. The Bertz CT molecular complexity index is 331. The highest BCUT2D eigenvalue weighted by Crippen LogP contribution is 2.27. The van der Waals surface area contributed by atoms with Crippen LogP contribution in [0, 0.1) is 5.92 Å². The van der Waals surface area contributed by atoms with Crippen molar-refractivity contribution in [2.45, 2.75) is 20.3 Å². The first-order valence-electron chi connectivity index (χ1n) is 4.50. The van der Waals surface area contributed by atoms with Crippen molar-refractivity contribution in [1.29, 1.82) is 0 Å². The zero-order valence-corrected chi connectivity index (χ0v) is 9.48. The van der Waals surface area contributed by atoms with Gasteiger partial charge in [0.25, 0.3) is 0 Å². The molecule has 0 spiro atoms. The molecular formula is C10H15NO2S. The van der Waals surface area contributed by atoms with E-state index in [1.54, 1.807) is 0 Å². The number of hydrogen-bond acceptors (Lipinski definition) is 4. The van der Waals surface area contributed by atoms with Crippen LogP contribution in [0.5, 0.6) is 0 Å². The number of methoxy groups -OCH3 is 1. The van der Waals surface area contributed by atoms with Crippen LogP contribution in [0.4, 0.5) is 5.00 Å². The largest absolute Gasteiger partial charge is 0.465 e. The molecule has 0 amide bonds. The lowest BCUT2D eigenvalue weighted by Gasteiger charge is -2.05. The van der Waals surface area contributed by atoms with Gasteiger partial charge in [-0.1, -0.05) is 13.8 Å². The van der Waals surface area contributed by atoms with Gasteiger partial charge in [0.1, 0.15) is 5.00 Å². The second kappa shape index (κ2) is 4.46. The van der Waals surface area contributed by atoms with Crippen molar-refractivity contribution in [2.75, 3.05) is 12.8 Å². The van der Waals surface area contributed by atoms with Crippen LogP contribution in [0.2, 0.25) is 0 Å². The number of rotatable bonds is 3. The Labute approximate surface area is 87.9 Å². The minimum atomic E-state index is -0.334. The first kappa shape index (κ1) is 11.0. The van der Waals surface area contributed by atoms with Crippen molar-refractivity contribution >= 4 is 22.3 Å². The maximum Gasteiger partial charge on any atom is 0.341 e. The lowest BCUT2D eigenvalue weighted by Crippen LogP contribution is -2.07. The Balaban J connectivity index is 3.00. The molecule has 14 heavy (non-hydrogen) atoms. The summed E-state index contributed by atoms with van der Waals surface area (Å²) in [4.78, 5) is 11.4. The number of thiophene rings is 1. The van der Waals surface area contributed by atoms with E-state index in [1.165, 1.54) is 18.4 Å². The topological polar surface area (TPSA) is 52.3 Å². The summed E-state index contributed by atoms with van der Waals surface area (Å²) in [7, 11) is 1.37. The van der Waals surface area contributed by atoms with E-state index in [0.717, 1.165) is 12.0 Å². The molecular weight excluding hydrogens is 198 g/mol. The van der Waals surface area contributed by atoms with Crippen molar-refractivity contribution in [2.24, 2.45) is 5.92 Å². The van der Waals surface area contributed by atoms with Gasteiger partial charge in [0.2, 0.25) is 0 Å². The van der Waals surface area contributed by atoms with Crippen LogP contribution < -0.4 is 5.73 Å². The monoisotopic (exact) mass is 213 g/mol. The molecule has 0 radical (unpaired) electrons. The van der Waals surface area contributed by atoms with Gasteiger partial charge in [-0.05, 0) is 23.3 Å². The van der Waals surface area contributed by atoms with Crippen molar-refractivity contribution in [3.05, 3.63) is 16.5 Å². The van der Waals surface area contributed by atoms with E-state index in [0.29, 0.717) is 16.5 Å². The van der Waals surface area contributed by atoms with Gasteiger partial charge in [-0.2, -0.15) is 0 Å². The van der Waals surface area contributed by atoms with Gasteiger partial charge < -0.3 is 10.5 Å². The third-order valence-corrected chi connectivity index (χ3v) is 2.77. The molecule has 0 aliphatic carbocycles. The number of nitrogens with two attached hydrogens (primary N) is 1. The zero-order chi connectivity index (χ0) is 10.7. The van der Waals surface area contributed by atoms with E-state index in [-0.39, 0.29) is 5.97 Å². The molecule has 78 valence electrons. The van der Waals surface area contributed by atoms with Crippen LogP contribution in [0.15, 0.2) is 5.38 Å². The lowest BCUT2D eigenvalue weighted by atomic mass is 10.0. The van der Waals surface area contributed by atoms with Crippen LogP contribution in [0.1, 0.15) is 29.8 Å². The number of hydrogen-bond donors (Lipinski definition) is 1. The van der Waals surface area contributed by atoms with E-state index in [2.05, 4.69) is 18.6 Å². The first-order valence-corrected chi connectivity index (χ1v) is 5.38. The number of esters is 1. The summed E-state index contributed by atoms with van der Waals surface area (Å²) in [5, 5.41) is 2.48. The smallest absolute Gasteiger partial charge is 0.341 e. The van der Waals surface area contributed by atoms with Crippen molar-refractivity contribution < 1.29 is 9.53 Å². The standard InChI is InChI=1S/C10H15NO2S/c1-6(2)4-7-5-14-9(11)8(7)10(12)13-3/h5-6H,4,11H2,1-3H3. The summed E-state index contributed by atoms with van der Waals surface area (Å²) in [6.07, 6.45) is 0.859. The molecule has 0 saturated heterocycles. The second-order valence-corrected chi connectivity index (χ2v) is 4.50. The molecule has 0 unspecified atom stereocenters. The second-order valence-electron chi connectivity index (χ2n) is 3.59. The Kier molecular flexibility index (Phi) is 3.52. The molecule has 0 atom stereocenters. The predicted molar refractivity (Wildman–Crippen MR) is 58.6 cm³/mol. The average Bonchev–Trinajstić information content (AvgIpc) is 2.45. The van der Waals surface area contributed by atoms with Gasteiger partial charge in [-0.25, -0.2) is 4.79 Å². The van der Waals surface area contributed by atoms with E-state index in [4.69, 9.17) is 5.73 Å². The van der Waals surface area contributed by atoms with Crippen LogP contribution in [0.3, 0.4) is 0 Å². The molecule has 4 heteroatoms. The van der Waals surface area contributed by atoms with Crippen LogP contribution in [-0.2, 0) is 11.2 Å². The van der Waals surface area contributed by atoms with E-state index >= 15 is 0 Å². The molecule has 0 saturated carbocycles. The lowest BCUT2D eigenvalue weighted by molar-refractivity contribution is 0.0601. The van der Waals surface area contributed by atoms with Crippen molar-refractivity contribution in [3.63, 3.8) is 0 Å². The summed E-state index contributed by atoms with van der Waals surface area (Å²) in [5.74, 6) is 0.173. The molecule has 1 aromatic rings. The van der Waals surface area contributed by atoms with Gasteiger partial charge in [-0.15, -0.1) is 11.3 Å². The number of carbonyl (C=O) groups excluding carboxylic acids is 1. The fourth-order valence-corrected chi connectivity index (χ4v) is 2.15. The van der Waals surface area contributed by atoms with Crippen LogP contribution in [0.25, 0.3) is 0 Å². The summed E-state index contributed by atoms with van der Waals surface area (Å²) in [6.45, 7) is 4.21. The Morgan fingerprint density at radius 2 is 2.29 bits per heavy atom. The van der Waals surface area contributed by atoms with Gasteiger partial charge in [-0.3, -0.25) is 0 Å². The first-order chi connectivity index (χ1) is 6.56. The molecule has 1 aromatic heterocycles. The van der Waals surface area contributed by atoms with E-state index in [9.17, 15) is 4.79 Å². The minimum Gasteiger partial charge on any atom is -0.465 e. The normalized spacial score (nSPS) is 10.6. The Hall–Kier alpha value is -1.03. The highest BCUT2D eigenvalue weighted by Gasteiger charge is 2.18. The van der Waals surface area contributed by atoms with Crippen molar-refractivity contribution in [3.8, 4) is 0 Å². The highest BCUT2D eigenvalue weighted by molar-refractivity contribution is 7.14. The third kappa shape index (κ3) is 2.26. The molecule has 1 rings (SSSR count). The molecule has 0 aliphatic heterocycles. The zero-order valence-electron chi connectivity index (χ0n) is 8.66. The maximum atomic E-state index is 11.4. The quantitative estimate of drug-likeness (QED) is 0.784. The highest BCUT2D eigenvalue weighted by atomic mass is 32.1. The molecule has 2 N–H and O–H groups in total. The number of ether oxygens (including phenoxy) is 1. The van der Waals surface area contributed by atoms with Crippen LogP contribution in [-0.4, -0.2) is 13.1 Å². The molecule has 0 bridgehead atoms. The van der Waals surface area contributed by atoms with E-state index in [1.807, 2.05) is 5.38 Å². The van der Waals surface area contributed by atoms with Crippen molar-refractivity contribution in [1.82, 2.24) is 0 Å². The van der Waals surface area contributed by atoms with Gasteiger partial charge in [0, 0.05) is 0 Å². The summed E-state index contributed by atoms with van der Waals surface area (Å²) < 4.78 is 4.69. The van der Waals surface area contributed by atoms with Crippen LogP contribution >= 0.6 is 11.3 Å². The summed E-state index contributed by atoms with van der Waals surface area (Å²) in [6, 6.07) is 0. The summed E-state index contributed by atoms with van der Waals surface area (Å²) in [5.41, 5.74) is 7.25. The molecule has 0 aromatic carbocycles. The number of carbonyl (C=O) groups is 1. The molecule has 3 nitrogen and oxygen atoms in total. The SMILES string of the molecule is COC(=O)c1c(CC(C)C)csc1N. The van der Waals surface area contributed by atoms with Gasteiger partial charge in [0.05, 0.1) is 12.7 Å². The fraction of sp³-hybridized carbons (Fsp3) is 0.500. The Morgan fingerprint density at radius 3 is 2.79 bits per heavy atom. The third-order valence-electron chi connectivity index (χ3n) is 1.91. The van der Waals surface area contributed by atoms with Gasteiger partial charge in [0.15, 0.2) is 0 Å². The Morgan fingerprint density at radius 1 is 1.64 bits per heavy atom. The fourth-order valence-electron chi connectivity index (χ4n) is 1.33. The minimum absolute atomic E-state index is 0.334. The van der Waals surface area contributed by atoms with E-state index < -0.39 is 0 Å². The average molecular weight is 213 g/mol. The summed E-state index contributed by atoms with van der Waals surface area (Å²) >= 11 is 1.39. The number of anilines is 1.